The number of phosphoric acid groups is 1. The van der Waals surface area contributed by atoms with Gasteiger partial charge in [0.1, 0.15) is 12.2 Å². The Morgan fingerprint density at radius 2 is 1.92 bits per heavy atom. The molecule has 0 amide bonds. The lowest BCUT2D eigenvalue weighted by Crippen LogP contribution is -2.45. The summed E-state index contributed by atoms with van der Waals surface area (Å²) in [5.41, 5.74) is 0. The fourth-order valence-corrected chi connectivity index (χ4v) is 0.769. The van der Waals surface area contributed by atoms with Crippen LogP contribution in [0.3, 0.4) is 0 Å². The van der Waals surface area contributed by atoms with Gasteiger partial charge in [0.25, 0.3) is 0 Å². The first-order valence-corrected chi connectivity index (χ1v) is 4.54. The van der Waals surface area contributed by atoms with Gasteiger partial charge in [0.15, 0.2) is 0 Å². The van der Waals surface area contributed by atoms with Crippen LogP contribution in [0.2, 0.25) is 0 Å². The third-order valence-electron chi connectivity index (χ3n) is 1.02. The number of aliphatic carboxylic acids is 1. The fourth-order valence-electron chi connectivity index (χ4n) is 0.422. The molecule has 8 nitrogen and oxygen atoms in total. The number of phosphoric ester groups is 1. The number of aliphatic hydroxyl groups is 2. The van der Waals surface area contributed by atoms with Crippen LogP contribution < -0.4 is 5.11 Å². The molecular formula is C4H8O8P-. The summed E-state index contributed by atoms with van der Waals surface area (Å²) in [7, 11) is -4.77. The average molecular weight is 215 g/mol. The molecule has 0 rings (SSSR count). The molecule has 0 aromatic rings. The highest BCUT2D eigenvalue weighted by atomic mass is 31.2. The zero-order valence-electron chi connectivity index (χ0n) is 6.23. The Hall–Kier alpha value is -0.500. The molecule has 9 heteroatoms. The van der Waals surface area contributed by atoms with Crippen molar-refractivity contribution in [1.29, 1.82) is 0 Å². The highest BCUT2D eigenvalue weighted by Crippen LogP contribution is 2.35. The third kappa shape index (κ3) is 5.69. The summed E-state index contributed by atoms with van der Waals surface area (Å²) in [6.45, 7) is -1.00. The Balaban J connectivity index is 3.95. The largest absolute Gasteiger partial charge is 0.547 e. The van der Waals surface area contributed by atoms with Crippen LogP contribution in [-0.2, 0) is 13.9 Å². The summed E-state index contributed by atoms with van der Waals surface area (Å²) in [6, 6.07) is 0. The van der Waals surface area contributed by atoms with Crippen molar-refractivity contribution in [3.05, 3.63) is 0 Å². The van der Waals surface area contributed by atoms with Gasteiger partial charge in [-0.2, -0.15) is 0 Å². The monoisotopic (exact) mass is 215 g/mol. The Morgan fingerprint density at radius 1 is 1.46 bits per heavy atom. The van der Waals surface area contributed by atoms with E-state index < -0.39 is 32.6 Å². The second kappa shape index (κ2) is 4.66. The number of carboxylic acids is 1. The summed E-state index contributed by atoms with van der Waals surface area (Å²) < 4.78 is 13.8. The SMILES string of the molecule is O=C([O-])C(O)C(O)COP(=O)(O)O. The van der Waals surface area contributed by atoms with Crippen molar-refractivity contribution >= 4 is 13.8 Å². The van der Waals surface area contributed by atoms with Crippen LogP contribution in [-0.4, -0.2) is 44.8 Å². The smallest absolute Gasteiger partial charge is 0.469 e. The molecule has 0 aliphatic carbocycles. The van der Waals surface area contributed by atoms with Gasteiger partial charge >= 0.3 is 7.82 Å². The summed E-state index contributed by atoms with van der Waals surface area (Å²) >= 11 is 0. The van der Waals surface area contributed by atoms with Crippen LogP contribution >= 0.6 is 7.82 Å². The minimum atomic E-state index is -4.77. The molecule has 2 unspecified atom stereocenters. The van der Waals surface area contributed by atoms with Crippen molar-refractivity contribution in [2.75, 3.05) is 6.61 Å². The minimum Gasteiger partial charge on any atom is -0.547 e. The maximum absolute atomic E-state index is 10.0. The van der Waals surface area contributed by atoms with E-state index in [1.807, 2.05) is 0 Å². The number of carbonyl (C=O) groups is 1. The van der Waals surface area contributed by atoms with Gasteiger partial charge < -0.3 is 29.9 Å². The fraction of sp³-hybridized carbons (Fsp3) is 0.750. The molecule has 2 atom stereocenters. The van der Waals surface area contributed by atoms with E-state index >= 15 is 0 Å². The van der Waals surface area contributed by atoms with Gasteiger partial charge in [-0.15, -0.1) is 0 Å². The molecule has 0 saturated carbocycles. The number of aliphatic hydroxyl groups excluding tert-OH is 2. The maximum atomic E-state index is 10.0. The lowest BCUT2D eigenvalue weighted by atomic mass is 10.2. The topological polar surface area (TPSA) is 147 Å². The molecule has 0 bridgehead atoms. The Labute approximate surface area is 72.6 Å². The van der Waals surface area contributed by atoms with Gasteiger partial charge in [0.05, 0.1) is 12.6 Å². The standard InChI is InChI=1S/C4H9O8P/c5-2(3(6)4(7)8)1-12-13(9,10)11/h2-3,5-6H,1H2,(H,7,8)(H2,9,10,11)/p-1. The van der Waals surface area contributed by atoms with Crippen LogP contribution in [0.4, 0.5) is 0 Å². The van der Waals surface area contributed by atoms with Crippen molar-refractivity contribution in [2.45, 2.75) is 12.2 Å². The highest BCUT2D eigenvalue weighted by Gasteiger charge is 2.22. The maximum Gasteiger partial charge on any atom is 0.469 e. The van der Waals surface area contributed by atoms with E-state index in [1.165, 1.54) is 0 Å². The Bertz CT molecular complexity index is 220. The molecule has 0 aromatic carbocycles. The van der Waals surface area contributed by atoms with Gasteiger partial charge in [-0.3, -0.25) is 4.52 Å². The number of rotatable bonds is 5. The molecule has 0 spiro atoms. The number of carbonyl (C=O) groups excluding carboxylic acids is 1. The van der Waals surface area contributed by atoms with Crippen LogP contribution in [0.1, 0.15) is 0 Å². The molecule has 0 aromatic heterocycles. The second-order valence-electron chi connectivity index (χ2n) is 2.12. The molecule has 0 saturated heterocycles. The van der Waals surface area contributed by atoms with E-state index in [-0.39, 0.29) is 0 Å². The molecule has 4 N–H and O–H groups in total. The summed E-state index contributed by atoms with van der Waals surface area (Å²) in [6.07, 6.45) is -4.19. The molecular weight excluding hydrogens is 207 g/mol. The predicted octanol–water partition coefficient (Wildman–Crippen LogP) is -3.43. The first-order chi connectivity index (χ1) is 5.74. The van der Waals surface area contributed by atoms with E-state index in [9.17, 15) is 14.5 Å². The number of hydrogen-bond donors (Lipinski definition) is 4. The summed E-state index contributed by atoms with van der Waals surface area (Å²) in [5.74, 6) is -1.96. The van der Waals surface area contributed by atoms with Gasteiger partial charge in [0.2, 0.25) is 0 Å². The quantitative estimate of drug-likeness (QED) is 0.346. The lowest BCUT2D eigenvalue weighted by Gasteiger charge is -2.18. The van der Waals surface area contributed by atoms with E-state index in [4.69, 9.17) is 20.0 Å². The van der Waals surface area contributed by atoms with Crippen LogP contribution in [0.5, 0.6) is 0 Å². The average Bonchev–Trinajstić information content (AvgIpc) is 1.97. The molecule has 0 aliphatic rings. The van der Waals surface area contributed by atoms with Crippen molar-refractivity contribution < 1.29 is 39.0 Å². The molecule has 0 fully saturated rings. The molecule has 0 heterocycles. The van der Waals surface area contributed by atoms with Gasteiger partial charge in [-0.25, -0.2) is 4.57 Å². The first-order valence-electron chi connectivity index (χ1n) is 3.01. The van der Waals surface area contributed by atoms with Gasteiger partial charge in [0, 0.05) is 0 Å². The molecule has 78 valence electrons. The summed E-state index contributed by atoms with van der Waals surface area (Å²) in [5, 5.41) is 27.2. The van der Waals surface area contributed by atoms with Gasteiger partial charge in [-0.1, -0.05) is 0 Å². The van der Waals surface area contributed by atoms with Crippen molar-refractivity contribution in [3.63, 3.8) is 0 Å². The van der Waals surface area contributed by atoms with Gasteiger partial charge in [-0.05, 0) is 0 Å². The van der Waals surface area contributed by atoms with E-state index in [1.54, 1.807) is 0 Å². The van der Waals surface area contributed by atoms with Crippen molar-refractivity contribution in [2.24, 2.45) is 0 Å². The Morgan fingerprint density at radius 3 is 2.23 bits per heavy atom. The second-order valence-corrected chi connectivity index (χ2v) is 3.36. The minimum absolute atomic E-state index is 1.00. The third-order valence-corrected chi connectivity index (χ3v) is 1.50. The molecule has 0 radical (unpaired) electrons. The normalized spacial score (nSPS) is 16.6. The van der Waals surface area contributed by atoms with Crippen molar-refractivity contribution in [3.8, 4) is 0 Å². The zero-order chi connectivity index (χ0) is 10.6. The Kier molecular flexibility index (Phi) is 4.48. The van der Waals surface area contributed by atoms with Crippen LogP contribution in [0.25, 0.3) is 0 Å². The van der Waals surface area contributed by atoms with E-state index in [2.05, 4.69) is 4.52 Å². The lowest BCUT2D eigenvalue weighted by molar-refractivity contribution is -0.318. The summed E-state index contributed by atoms with van der Waals surface area (Å²) in [4.78, 5) is 26.1. The van der Waals surface area contributed by atoms with E-state index in [0.29, 0.717) is 0 Å². The van der Waals surface area contributed by atoms with Crippen LogP contribution in [0, 0.1) is 0 Å². The van der Waals surface area contributed by atoms with Crippen LogP contribution in [0.15, 0.2) is 0 Å². The number of hydrogen-bond acceptors (Lipinski definition) is 6. The molecule has 13 heavy (non-hydrogen) atoms. The zero-order valence-corrected chi connectivity index (χ0v) is 7.13. The number of carboxylic acid groups (broad SMARTS) is 1. The van der Waals surface area contributed by atoms with Crippen molar-refractivity contribution in [1.82, 2.24) is 0 Å². The highest BCUT2D eigenvalue weighted by molar-refractivity contribution is 7.46. The predicted molar refractivity (Wildman–Crippen MR) is 35.0 cm³/mol. The van der Waals surface area contributed by atoms with E-state index in [0.717, 1.165) is 0 Å². The molecule has 0 aliphatic heterocycles. The first kappa shape index (κ1) is 12.5.